The van der Waals surface area contributed by atoms with Gasteiger partial charge in [0.25, 0.3) is 11.6 Å². The van der Waals surface area contributed by atoms with Crippen LogP contribution in [0.1, 0.15) is 16.9 Å². The predicted molar refractivity (Wildman–Crippen MR) is 134 cm³/mol. The van der Waals surface area contributed by atoms with E-state index in [9.17, 15) is 20.2 Å². The molecule has 0 saturated heterocycles. The van der Waals surface area contributed by atoms with Crippen LogP contribution in [0.2, 0.25) is 0 Å². The first kappa shape index (κ1) is 23.9. The van der Waals surface area contributed by atoms with Gasteiger partial charge in [-0.05, 0) is 30.2 Å². The fraction of sp³-hybridized carbons (Fsp3) is 0.0833. The predicted octanol–water partition coefficient (Wildman–Crippen LogP) is 5.85. The van der Waals surface area contributed by atoms with Gasteiger partial charge in [-0.25, -0.2) is 0 Å². The highest BCUT2D eigenvalue weighted by Gasteiger charge is 2.16. The Hall–Kier alpha value is -4.27. The Kier molecular flexibility index (Phi) is 7.35. The van der Waals surface area contributed by atoms with E-state index in [4.69, 9.17) is 4.42 Å². The lowest BCUT2D eigenvalue weighted by Gasteiger charge is -2.02. The molecular weight excluding hydrogens is 486 g/mol. The van der Waals surface area contributed by atoms with Crippen molar-refractivity contribution in [2.24, 2.45) is 0 Å². The molecule has 9 nitrogen and oxygen atoms in total. The van der Waals surface area contributed by atoms with E-state index >= 15 is 0 Å². The van der Waals surface area contributed by atoms with Crippen LogP contribution in [0.25, 0.3) is 17.4 Å². The molecular formula is C24H17N5O4S2. The summed E-state index contributed by atoms with van der Waals surface area (Å²) < 4.78 is 6.43. The second-order valence-corrected chi connectivity index (χ2v) is 9.43. The highest BCUT2D eigenvalue weighted by atomic mass is 32.2. The lowest BCUT2D eigenvalue weighted by atomic mass is 10.1. The Labute approximate surface area is 208 Å². The summed E-state index contributed by atoms with van der Waals surface area (Å²) in [5.41, 5.74) is 2.24. The topological polar surface area (TPSA) is 135 Å². The van der Waals surface area contributed by atoms with E-state index in [1.54, 1.807) is 25.1 Å². The molecule has 2 heterocycles. The molecule has 0 spiro atoms. The molecule has 4 aromatic rings. The van der Waals surface area contributed by atoms with Gasteiger partial charge in [-0.1, -0.05) is 59.5 Å². The number of carbonyl (C=O) groups is 1. The molecule has 1 amide bonds. The molecule has 0 atom stereocenters. The summed E-state index contributed by atoms with van der Waals surface area (Å²) in [6.07, 6.45) is 1.30. The average Bonchev–Trinajstić information content (AvgIpc) is 3.51. The van der Waals surface area contributed by atoms with Crippen molar-refractivity contribution in [2.45, 2.75) is 17.0 Å². The third kappa shape index (κ3) is 6.00. The van der Waals surface area contributed by atoms with Gasteiger partial charge in [0.2, 0.25) is 5.13 Å². The minimum Gasteiger partial charge on any atom is -0.457 e. The number of aryl methyl sites for hydroxylation is 1. The maximum atomic E-state index is 12.6. The van der Waals surface area contributed by atoms with Crippen LogP contribution >= 0.6 is 23.1 Å². The van der Waals surface area contributed by atoms with Gasteiger partial charge in [0.05, 0.1) is 4.92 Å². The number of anilines is 1. The lowest BCUT2D eigenvalue weighted by Crippen LogP contribution is -2.13. The van der Waals surface area contributed by atoms with Crippen molar-refractivity contribution in [2.75, 3.05) is 5.32 Å². The molecule has 0 radical (unpaired) electrons. The van der Waals surface area contributed by atoms with Crippen LogP contribution in [0.3, 0.4) is 0 Å². The van der Waals surface area contributed by atoms with E-state index in [-0.39, 0.29) is 22.2 Å². The number of furan rings is 1. The number of aromatic nitrogens is 2. The Bertz CT molecular complexity index is 1450. The van der Waals surface area contributed by atoms with Gasteiger partial charge in [0.1, 0.15) is 23.2 Å². The number of nitro benzene ring substituents is 1. The zero-order valence-corrected chi connectivity index (χ0v) is 19.9. The summed E-state index contributed by atoms with van der Waals surface area (Å²) in [5, 5.41) is 31.5. The van der Waals surface area contributed by atoms with E-state index < -0.39 is 10.8 Å². The highest BCUT2D eigenvalue weighted by molar-refractivity contribution is 8.00. The van der Waals surface area contributed by atoms with Crippen molar-refractivity contribution in [3.63, 3.8) is 0 Å². The maximum Gasteiger partial charge on any atom is 0.270 e. The summed E-state index contributed by atoms with van der Waals surface area (Å²) in [6.45, 7) is 1.81. The number of carbonyl (C=O) groups excluding carboxylic acids is 1. The smallest absolute Gasteiger partial charge is 0.270 e. The SMILES string of the molecule is Cc1ccc([N+](=O)[O-])cc1-c1ccc(/C=C(/C#N)C(=O)Nc2nnc(SCc3ccccc3)s2)o1. The molecule has 0 fully saturated rings. The number of nitro groups is 1. The Morgan fingerprint density at radius 1 is 1.23 bits per heavy atom. The zero-order valence-electron chi connectivity index (χ0n) is 18.3. The minimum atomic E-state index is -0.646. The van der Waals surface area contributed by atoms with Crippen LogP contribution in [0.5, 0.6) is 0 Å². The van der Waals surface area contributed by atoms with Gasteiger partial charge < -0.3 is 4.42 Å². The monoisotopic (exact) mass is 503 g/mol. The van der Waals surface area contributed by atoms with E-state index in [1.807, 2.05) is 36.4 Å². The van der Waals surface area contributed by atoms with Gasteiger partial charge in [-0.15, -0.1) is 10.2 Å². The number of non-ortho nitro benzene ring substituents is 1. The number of nitriles is 1. The first-order valence-electron chi connectivity index (χ1n) is 10.2. The zero-order chi connectivity index (χ0) is 24.8. The lowest BCUT2D eigenvalue weighted by molar-refractivity contribution is -0.384. The second kappa shape index (κ2) is 10.8. The standard InChI is InChI=1S/C24H17N5O4S2/c1-15-7-8-18(29(31)32)12-20(15)21-10-9-19(33-21)11-17(13-25)22(30)26-23-27-28-24(35-23)34-14-16-5-3-2-4-6-16/h2-12H,14H2,1H3,(H,26,27,30)/b17-11-. The fourth-order valence-corrected chi connectivity index (χ4v) is 4.76. The van der Waals surface area contributed by atoms with Crippen molar-refractivity contribution in [1.82, 2.24) is 10.2 Å². The van der Waals surface area contributed by atoms with Gasteiger partial charge in [-0.3, -0.25) is 20.2 Å². The molecule has 35 heavy (non-hydrogen) atoms. The normalized spacial score (nSPS) is 11.1. The Morgan fingerprint density at radius 3 is 2.77 bits per heavy atom. The molecule has 4 rings (SSSR count). The molecule has 2 aromatic carbocycles. The number of rotatable bonds is 8. The number of thioether (sulfide) groups is 1. The van der Waals surface area contributed by atoms with Crippen molar-refractivity contribution in [3.8, 4) is 17.4 Å². The average molecular weight is 504 g/mol. The third-order valence-corrected chi connectivity index (χ3v) is 6.85. The third-order valence-electron chi connectivity index (χ3n) is 4.81. The number of nitrogens with zero attached hydrogens (tertiary/aromatic N) is 4. The summed E-state index contributed by atoms with van der Waals surface area (Å²) in [7, 11) is 0. The second-order valence-electron chi connectivity index (χ2n) is 7.23. The molecule has 0 aliphatic heterocycles. The van der Waals surface area contributed by atoms with E-state index in [1.165, 1.54) is 41.3 Å². The molecule has 0 aliphatic rings. The number of amides is 1. The first-order valence-corrected chi connectivity index (χ1v) is 12.0. The fourth-order valence-electron chi connectivity index (χ4n) is 3.06. The molecule has 0 bridgehead atoms. The van der Waals surface area contributed by atoms with Gasteiger partial charge in [0, 0.05) is 29.5 Å². The summed E-state index contributed by atoms with van der Waals surface area (Å²) >= 11 is 2.71. The Balaban J connectivity index is 1.44. The molecule has 11 heteroatoms. The Morgan fingerprint density at radius 2 is 2.03 bits per heavy atom. The molecule has 0 saturated carbocycles. The van der Waals surface area contributed by atoms with Crippen molar-refractivity contribution in [1.29, 1.82) is 5.26 Å². The first-order chi connectivity index (χ1) is 16.9. The molecule has 1 N–H and O–H groups in total. The van der Waals surface area contributed by atoms with Crippen LogP contribution in [-0.2, 0) is 10.5 Å². The number of nitrogens with one attached hydrogen (secondary N) is 1. The van der Waals surface area contributed by atoms with Gasteiger partial charge in [0.15, 0.2) is 4.34 Å². The number of hydrogen-bond donors (Lipinski definition) is 1. The summed E-state index contributed by atoms with van der Waals surface area (Å²) in [5.74, 6) is 0.721. The highest BCUT2D eigenvalue weighted by Crippen LogP contribution is 2.31. The van der Waals surface area contributed by atoms with Crippen LogP contribution in [0.15, 0.2) is 75.0 Å². The molecule has 174 valence electrons. The van der Waals surface area contributed by atoms with Crippen LogP contribution in [0.4, 0.5) is 10.8 Å². The van der Waals surface area contributed by atoms with Crippen molar-refractivity contribution in [3.05, 3.63) is 93.2 Å². The van der Waals surface area contributed by atoms with E-state index in [0.717, 1.165) is 16.9 Å². The van der Waals surface area contributed by atoms with E-state index in [2.05, 4.69) is 15.5 Å². The molecule has 0 aliphatic carbocycles. The summed E-state index contributed by atoms with van der Waals surface area (Å²) in [6, 6.07) is 19.4. The maximum absolute atomic E-state index is 12.6. The quantitative estimate of drug-likeness (QED) is 0.0789. The molecule has 0 unspecified atom stereocenters. The van der Waals surface area contributed by atoms with Crippen molar-refractivity contribution >= 4 is 45.9 Å². The number of hydrogen-bond acceptors (Lipinski definition) is 9. The van der Waals surface area contributed by atoms with E-state index in [0.29, 0.717) is 15.7 Å². The van der Waals surface area contributed by atoms with Crippen molar-refractivity contribution < 1.29 is 14.1 Å². The molecule has 2 aromatic heterocycles. The minimum absolute atomic E-state index is 0.0606. The largest absolute Gasteiger partial charge is 0.457 e. The summed E-state index contributed by atoms with van der Waals surface area (Å²) in [4.78, 5) is 23.2. The number of benzene rings is 2. The van der Waals surface area contributed by atoms with Gasteiger partial charge >= 0.3 is 0 Å². The van der Waals surface area contributed by atoms with Crippen LogP contribution in [-0.4, -0.2) is 21.0 Å². The van der Waals surface area contributed by atoms with Gasteiger partial charge in [-0.2, -0.15) is 5.26 Å². The van der Waals surface area contributed by atoms with Crippen LogP contribution < -0.4 is 5.32 Å². The van der Waals surface area contributed by atoms with Crippen LogP contribution in [0, 0.1) is 28.4 Å².